The van der Waals surface area contributed by atoms with E-state index in [0.717, 1.165) is 11.4 Å². The third-order valence-electron chi connectivity index (χ3n) is 4.39. The molecule has 2 aromatic rings. The molecule has 0 unspecified atom stereocenters. The van der Waals surface area contributed by atoms with E-state index in [4.69, 9.17) is 4.74 Å². The zero-order valence-electron chi connectivity index (χ0n) is 15.1. The van der Waals surface area contributed by atoms with Gasteiger partial charge in [-0.05, 0) is 31.2 Å². The summed E-state index contributed by atoms with van der Waals surface area (Å²) in [5.74, 6) is 0.721. The highest BCUT2D eigenvalue weighted by atomic mass is 16.6. The normalized spacial score (nSPS) is 14.0. The Morgan fingerprint density at radius 1 is 1.15 bits per heavy atom. The highest BCUT2D eigenvalue weighted by Gasteiger charge is 2.21. The predicted molar refractivity (Wildman–Crippen MR) is 104 cm³/mol. The largest absolute Gasteiger partial charge is 0.494 e. The SMILES string of the molecule is CCOc1cccc(NC(=O)N2CCN(c3ccc([N+](=O)[O-])cc3)CC2)c1. The number of anilines is 2. The number of non-ortho nitro benzene ring substituents is 1. The molecule has 0 atom stereocenters. The van der Waals surface area contributed by atoms with Crippen molar-refractivity contribution < 1.29 is 14.5 Å². The number of ether oxygens (including phenoxy) is 1. The summed E-state index contributed by atoms with van der Waals surface area (Å²) in [6, 6.07) is 13.7. The van der Waals surface area contributed by atoms with Crippen molar-refractivity contribution in [3.63, 3.8) is 0 Å². The van der Waals surface area contributed by atoms with E-state index in [2.05, 4.69) is 10.2 Å². The van der Waals surface area contributed by atoms with E-state index >= 15 is 0 Å². The second-order valence-corrected chi connectivity index (χ2v) is 6.14. The van der Waals surface area contributed by atoms with Gasteiger partial charge in [-0.3, -0.25) is 10.1 Å². The van der Waals surface area contributed by atoms with Crippen molar-refractivity contribution in [1.82, 2.24) is 4.90 Å². The Bertz CT molecular complexity index is 802. The smallest absolute Gasteiger partial charge is 0.321 e. The lowest BCUT2D eigenvalue weighted by Crippen LogP contribution is -2.50. The zero-order valence-corrected chi connectivity index (χ0v) is 15.1. The molecule has 8 heteroatoms. The van der Waals surface area contributed by atoms with Crippen molar-refractivity contribution in [2.24, 2.45) is 0 Å². The lowest BCUT2D eigenvalue weighted by atomic mass is 10.2. The summed E-state index contributed by atoms with van der Waals surface area (Å²) in [7, 11) is 0. The van der Waals surface area contributed by atoms with Gasteiger partial charge in [0.1, 0.15) is 5.75 Å². The summed E-state index contributed by atoms with van der Waals surface area (Å²) in [5, 5.41) is 13.6. The van der Waals surface area contributed by atoms with Crippen LogP contribution in [0.2, 0.25) is 0 Å². The molecule has 0 radical (unpaired) electrons. The molecular weight excluding hydrogens is 348 g/mol. The molecule has 2 amide bonds. The number of carbonyl (C=O) groups is 1. The van der Waals surface area contributed by atoms with Gasteiger partial charge in [-0.25, -0.2) is 4.79 Å². The van der Waals surface area contributed by atoms with Crippen molar-refractivity contribution in [1.29, 1.82) is 0 Å². The molecule has 1 aliphatic rings. The van der Waals surface area contributed by atoms with Gasteiger partial charge in [0.2, 0.25) is 0 Å². The first-order valence-corrected chi connectivity index (χ1v) is 8.85. The maximum absolute atomic E-state index is 12.5. The van der Waals surface area contributed by atoms with Gasteiger partial charge in [-0.15, -0.1) is 0 Å². The van der Waals surface area contributed by atoms with E-state index in [1.54, 1.807) is 23.1 Å². The van der Waals surface area contributed by atoms with Crippen LogP contribution in [0.1, 0.15) is 6.92 Å². The molecule has 0 bridgehead atoms. The van der Waals surface area contributed by atoms with Crippen molar-refractivity contribution in [3.8, 4) is 5.75 Å². The van der Waals surface area contributed by atoms with Gasteiger partial charge in [0.05, 0.1) is 11.5 Å². The monoisotopic (exact) mass is 370 g/mol. The van der Waals surface area contributed by atoms with Crippen LogP contribution in [0.5, 0.6) is 5.75 Å². The minimum atomic E-state index is -0.410. The van der Waals surface area contributed by atoms with Gasteiger partial charge in [0, 0.05) is 55.8 Å². The van der Waals surface area contributed by atoms with Crippen LogP contribution in [0, 0.1) is 10.1 Å². The lowest BCUT2D eigenvalue weighted by Gasteiger charge is -2.36. The Balaban J connectivity index is 1.54. The molecule has 8 nitrogen and oxygen atoms in total. The number of nitro groups is 1. The van der Waals surface area contributed by atoms with E-state index < -0.39 is 4.92 Å². The Morgan fingerprint density at radius 2 is 1.85 bits per heavy atom. The van der Waals surface area contributed by atoms with Crippen LogP contribution < -0.4 is 15.0 Å². The Hall–Kier alpha value is -3.29. The third-order valence-corrected chi connectivity index (χ3v) is 4.39. The van der Waals surface area contributed by atoms with Crippen molar-refractivity contribution in [2.45, 2.75) is 6.92 Å². The number of nitrogens with one attached hydrogen (secondary N) is 1. The van der Waals surface area contributed by atoms with Gasteiger partial charge in [0.25, 0.3) is 5.69 Å². The molecular formula is C19H22N4O4. The Labute approximate surface area is 157 Å². The molecule has 0 saturated carbocycles. The van der Waals surface area contributed by atoms with Crippen LogP contribution in [-0.4, -0.2) is 48.6 Å². The van der Waals surface area contributed by atoms with Crippen molar-refractivity contribution in [2.75, 3.05) is 43.0 Å². The number of amides is 2. The molecule has 1 heterocycles. The summed E-state index contributed by atoms with van der Waals surface area (Å²) in [6.45, 7) is 4.98. The van der Waals surface area contributed by atoms with Crippen LogP contribution in [0.4, 0.5) is 21.9 Å². The van der Waals surface area contributed by atoms with E-state index in [1.807, 2.05) is 25.1 Å². The fraction of sp³-hybridized carbons (Fsp3) is 0.316. The molecule has 2 aromatic carbocycles. The number of piperazine rings is 1. The zero-order chi connectivity index (χ0) is 19.2. The predicted octanol–water partition coefficient (Wildman–Crippen LogP) is 3.35. The van der Waals surface area contributed by atoms with Gasteiger partial charge < -0.3 is 19.9 Å². The summed E-state index contributed by atoms with van der Waals surface area (Å²) in [5.41, 5.74) is 1.69. The maximum atomic E-state index is 12.5. The molecule has 0 spiro atoms. The average Bonchev–Trinajstić information content (AvgIpc) is 2.69. The molecule has 27 heavy (non-hydrogen) atoms. The van der Waals surface area contributed by atoms with Gasteiger partial charge in [-0.1, -0.05) is 6.07 Å². The van der Waals surface area contributed by atoms with Gasteiger partial charge >= 0.3 is 6.03 Å². The number of nitrogens with zero attached hydrogens (tertiary/aromatic N) is 3. The highest BCUT2D eigenvalue weighted by molar-refractivity contribution is 5.89. The van der Waals surface area contributed by atoms with Crippen LogP contribution in [0.15, 0.2) is 48.5 Å². The minimum Gasteiger partial charge on any atom is -0.494 e. The van der Waals surface area contributed by atoms with Crippen molar-refractivity contribution >= 4 is 23.1 Å². The molecule has 1 N–H and O–H groups in total. The summed E-state index contributed by atoms with van der Waals surface area (Å²) in [4.78, 5) is 26.7. The summed E-state index contributed by atoms with van der Waals surface area (Å²) in [6.07, 6.45) is 0. The Morgan fingerprint density at radius 3 is 2.48 bits per heavy atom. The lowest BCUT2D eigenvalue weighted by molar-refractivity contribution is -0.384. The molecule has 0 aromatic heterocycles. The van der Waals surface area contributed by atoms with E-state index in [9.17, 15) is 14.9 Å². The molecule has 0 aliphatic carbocycles. The fourth-order valence-electron chi connectivity index (χ4n) is 2.99. The standard InChI is InChI=1S/C19H22N4O4/c1-2-27-18-5-3-4-15(14-18)20-19(24)22-12-10-21(11-13-22)16-6-8-17(9-7-16)23(25)26/h3-9,14H,2,10-13H2,1H3,(H,20,24). The van der Waals surface area contributed by atoms with E-state index in [-0.39, 0.29) is 11.7 Å². The number of hydrogen-bond acceptors (Lipinski definition) is 5. The molecule has 3 rings (SSSR count). The second-order valence-electron chi connectivity index (χ2n) is 6.14. The third kappa shape index (κ3) is 4.66. The van der Waals surface area contributed by atoms with Gasteiger partial charge in [-0.2, -0.15) is 0 Å². The molecule has 142 valence electrons. The quantitative estimate of drug-likeness (QED) is 0.644. The van der Waals surface area contributed by atoms with Gasteiger partial charge in [0.15, 0.2) is 0 Å². The molecule has 1 saturated heterocycles. The van der Waals surface area contributed by atoms with Crippen LogP contribution in [0.3, 0.4) is 0 Å². The maximum Gasteiger partial charge on any atom is 0.321 e. The summed E-state index contributed by atoms with van der Waals surface area (Å²) >= 11 is 0. The minimum absolute atomic E-state index is 0.0750. The highest BCUT2D eigenvalue weighted by Crippen LogP contribution is 2.21. The first-order valence-electron chi connectivity index (χ1n) is 8.85. The number of urea groups is 1. The summed E-state index contributed by atoms with van der Waals surface area (Å²) < 4.78 is 5.45. The van der Waals surface area contributed by atoms with Crippen LogP contribution >= 0.6 is 0 Å². The molecule has 1 aliphatic heterocycles. The van der Waals surface area contributed by atoms with Crippen molar-refractivity contribution in [3.05, 3.63) is 58.6 Å². The number of rotatable bonds is 5. The van der Waals surface area contributed by atoms with E-state index in [1.165, 1.54) is 12.1 Å². The number of nitro benzene ring substituents is 1. The first-order chi connectivity index (χ1) is 13.1. The fourth-order valence-corrected chi connectivity index (χ4v) is 2.99. The first kappa shape index (κ1) is 18.5. The van der Waals surface area contributed by atoms with Crippen LogP contribution in [-0.2, 0) is 0 Å². The molecule has 1 fully saturated rings. The van der Waals surface area contributed by atoms with E-state index in [0.29, 0.717) is 38.5 Å². The number of carbonyl (C=O) groups excluding carboxylic acids is 1. The average molecular weight is 370 g/mol. The Kier molecular flexibility index (Phi) is 5.75. The number of hydrogen-bond donors (Lipinski definition) is 1. The van der Waals surface area contributed by atoms with Crippen LogP contribution in [0.25, 0.3) is 0 Å². The topological polar surface area (TPSA) is 88.0 Å². The second kappa shape index (κ2) is 8.39. The number of benzene rings is 2.